The van der Waals surface area contributed by atoms with Gasteiger partial charge in [0.15, 0.2) is 0 Å². The van der Waals surface area contributed by atoms with E-state index in [1.54, 1.807) is 22.3 Å². The first-order valence-electron chi connectivity index (χ1n) is 11.1. The van der Waals surface area contributed by atoms with E-state index in [1.165, 1.54) is 43.2 Å². The van der Waals surface area contributed by atoms with Gasteiger partial charge in [0.1, 0.15) is 0 Å². The predicted molar refractivity (Wildman–Crippen MR) is 133 cm³/mol. The summed E-state index contributed by atoms with van der Waals surface area (Å²) in [7, 11) is 0. The molecule has 2 aromatic rings. The van der Waals surface area contributed by atoms with Crippen LogP contribution in [0.4, 0.5) is 0 Å². The average Bonchev–Trinajstić information content (AvgIpc) is 3.24. The van der Waals surface area contributed by atoms with E-state index in [0.29, 0.717) is 0 Å². The Hall–Kier alpha value is -0.617. The Labute approximate surface area is 199 Å². The summed E-state index contributed by atoms with van der Waals surface area (Å²) < 4.78 is 5.29. The Bertz CT molecular complexity index is 901. The number of fused-ring (bicyclic) bond motifs is 2. The molecule has 160 valence electrons. The van der Waals surface area contributed by atoms with Crippen molar-refractivity contribution in [2.24, 2.45) is 0 Å². The van der Waals surface area contributed by atoms with Crippen LogP contribution in [0.15, 0.2) is 59.7 Å². The third kappa shape index (κ3) is 3.74. The van der Waals surface area contributed by atoms with Crippen LogP contribution in [0.1, 0.15) is 75.5 Å². The van der Waals surface area contributed by atoms with Crippen LogP contribution < -0.4 is 0 Å². The van der Waals surface area contributed by atoms with Gasteiger partial charge in [0, 0.05) is 0 Å². The Balaban J connectivity index is 0.00000128. The van der Waals surface area contributed by atoms with Crippen molar-refractivity contribution in [2.75, 3.05) is 0 Å². The fourth-order valence-electron chi connectivity index (χ4n) is 6.97. The van der Waals surface area contributed by atoms with Crippen LogP contribution in [-0.4, -0.2) is 0 Å². The molecule has 0 spiro atoms. The maximum atomic E-state index is 2.85. The number of hydrogen-bond acceptors (Lipinski definition) is 0. The Morgan fingerprint density at radius 1 is 0.667 bits per heavy atom. The molecule has 0 aliphatic heterocycles. The molecule has 0 radical (unpaired) electrons. The van der Waals surface area contributed by atoms with Crippen molar-refractivity contribution in [3.63, 3.8) is 0 Å². The first kappa shape index (κ1) is 24.0. The molecule has 3 aliphatic carbocycles. The number of rotatable bonds is 3. The van der Waals surface area contributed by atoms with Gasteiger partial charge in [-0.3, -0.25) is 0 Å². The summed E-state index contributed by atoms with van der Waals surface area (Å²) in [4.78, 5) is 0. The Kier molecular flexibility index (Phi) is 7.59. The number of allylic oxidation sites excluding steroid dienone is 2. The number of halogens is 2. The van der Waals surface area contributed by atoms with Crippen molar-refractivity contribution < 1.29 is 20.3 Å². The van der Waals surface area contributed by atoms with Crippen molar-refractivity contribution >= 4 is 37.0 Å². The smallest absolute Gasteiger partial charge is 0.147 e. The molecule has 0 nitrogen and oxygen atoms in total. The van der Waals surface area contributed by atoms with E-state index >= 15 is 0 Å². The molecule has 2 atom stereocenters. The monoisotopic (exact) mass is 518 g/mol. The van der Waals surface area contributed by atoms with E-state index in [9.17, 15) is 0 Å². The summed E-state index contributed by atoms with van der Waals surface area (Å²) in [5, 5.41) is 0. The molecular weight excluding hydrogens is 486 g/mol. The maximum Gasteiger partial charge on any atom is -0.147 e. The molecule has 0 heterocycles. The van der Waals surface area contributed by atoms with Gasteiger partial charge < -0.3 is 0 Å². The maximum absolute atomic E-state index is 2.85. The fourth-order valence-corrected chi connectivity index (χ4v) is 24.0. The molecule has 0 bridgehead atoms. The van der Waals surface area contributed by atoms with Gasteiger partial charge in [0.2, 0.25) is 0 Å². The predicted octanol–water partition coefficient (Wildman–Crippen LogP) is 9.10. The molecular formula is C27H34Cl2Zr. The molecule has 5 rings (SSSR count). The molecule has 2 unspecified atom stereocenters. The van der Waals surface area contributed by atoms with E-state index in [1.807, 2.05) is 0 Å². The van der Waals surface area contributed by atoms with Crippen LogP contribution in [0.5, 0.6) is 0 Å². The standard InChI is InChI=1S/2C10H9.C6H11.CH3.2ClH.Zr/c2*1-8-6-9-4-2-3-5-10(9)7-8;1-2-4-6-5-3-1;;;;/h2*2-7H,1H3;1H,2-6H2;1H3;2*1H;. The first-order chi connectivity index (χ1) is 13.6. The third-order valence-electron chi connectivity index (χ3n) is 8.02. The van der Waals surface area contributed by atoms with Crippen molar-refractivity contribution in [3.05, 3.63) is 81.9 Å². The van der Waals surface area contributed by atoms with E-state index in [2.05, 4.69) is 79.2 Å². The Morgan fingerprint density at radius 2 is 1.10 bits per heavy atom. The summed E-state index contributed by atoms with van der Waals surface area (Å²) >= 11 is -2.76. The van der Waals surface area contributed by atoms with Crippen LogP contribution >= 0.6 is 24.8 Å². The summed E-state index contributed by atoms with van der Waals surface area (Å²) in [6.45, 7) is 4.87. The SMILES string of the molecule is CC1=Cc2ccccc2[CH]1[Zr]([CH3])([CH]1CCCCC1)[CH]1C(C)=Cc2ccccc21.Cl.Cl. The van der Waals surface area contributed by atoms with Crippen LogP contribution in [0.2, 0.25) is 8.26 Å². The minimum atomic E-state index is -2.76. The summed E-state index contributed by atoms with van der Waals surface area (Å²) in [5.74, 6) is 0. The molecule has 2 aromatic carbocycles. The van der Waals surface area contributed by atoms with Gasteiger partial charge in [-0.1, -0.05) is 0 Å². The van der Waals surface area contributed by atoms with Gasteiger partial charge in [-0.05, 0) is 0 Å². The number of hydrogen-bond donors (Lipinski definition) is 0. The minimum Gasteiger partial charge on any atom is -0.147 e. The molecule has 0 aromatic heterocycles. The molecule has 0 N–H and O–H groups in total. The van der Waals surface area contributed by atoms with E-state index in [0.717, 1.165) is 10.9 Å². The summed E-state index contributed by atoms with van der Waals surface area (Å²) in [6, 6.07) is 18.6. The molecule has 0 saturated heterocycles. The molecule has 0 amide bonds. The normalized spacial score (nSPS) is 24.5. The van der Waals surface area contributed by atoms with Crippen molar-refractivity contribution in [1.29, 1.82) is 0 Å². The topological polar surface area (TPSA) is 0 Å². The molecule has 3 heteroatoms. The zero-order chi connectivity index (χ0) is 19.3. The van der Waals surface area contributed by atoms with E-state index in [-0.39, 0.29) is 24.8 Å². The van der Waals surface area contributed by atoms with Crippen molar-refractivity contribution in [2.45, 2.75) is 61.5 Å². The Morgan fingerprint density at radius 3 is 1.57 bits per heavy atom. The van der Waals surface area contributed by atoms with Gasteiger partial charge in [0.25, 0.3) is 0 Å². The minimum absolute atomic E-state index is 0. The molecule has 1 saturated carbocycles. The van der Waals surface area contributed by atoms with Crippen LogP contribution in [0.25, 0.3) is 12.2 Å². The van der Waals surface area contributed by atoms with Gasteiger partial charge in [-0.25, -0.2) is 0 Å². The second-order valence-electron chi connectivity index (χ2n) is 9.60. The van der Waals surface area contributed by atoms with Gasteiger partial charge in [-0.15, -0.1) is 24.8 Å². The van der Waals surface area contributed by atoms with Crippen LogP contribution in [0.3, 0.4) is 0 Å². The van der Waals surface area contributed by atoms with Crippen LogP contribution in [-0.2, 0) is 20.3 Å². The van der Waals surface area contributed by atoms with Gasteiger partial charge in [0.05, 0.1) is 0 Å². The molecule has 1 fully saturated rings. The van der Waals surface area contributed by atoms with Crippen molar-refractivity contribution in [3.8, 4) is 0 Å². The first-order valence-corrected chi connectivity index (χ1v) is 17.9. The molecule has 3 aliphatic rings. The van der Waals surface area contributed by atoms with Gasteiger partial charge in [-0.2, -0.15) is 0 Å². The van der Waals surface area contributed by atoms with Crippen molar-refractivity contribution in [1.82, 2.24) is 0 Å². The van der Waals surface area contributed by atoms with Crippen LogP contribution in [0, 0.1) is 0 Å². The molecule has 30 heavy (non-hydrogen) atoms. The summed E-state index contributed by atoms with van der Waals surface area (Å²) in [6.07, 6.45) is 12.3. The van der Waals surface area contributed by atoms with E-state index in [4.69, 9.17) is 0 Å². The summed E-state index contributed by atoms with van der Waals surface area (Å²) in [5.41, 5.74) is 9.61. The fraction of sp³-hybridized carbons (Fsp3) is 0.407. The second-order valence-corrected chi connectivity index (χ2v) is 21.2. The largest absolute Gasteiger partial charge is 0.147 e. The quantitative estimate of drug-likeness (QED) is 0.379. The van der Waals surface area contributed by atoms with E-state index < -0.39 is 20.3 Å². The average molecular weight is 521 g/mol. The van der Waals surface area contributed by atoms with Gasteiger partial charge >= 0.3 is 176 Å². The second kappa shape index (κ2) is 9.48. The number of benzene rings is 2. The zero-order valence-electron chi connectivity index (χ0n) is 18.4. The third-order valence-corrected chi connectivity index (χ3v) is 23.6. The zero-order valence-corrected chi connectivity index (χ0v) is 22.4.